The summed E-state index contributed by atoms with van der Waals surface area (Å²) in [6.07, 6.45) is 0. The fourth-order valence-electron chi connectivity index (χ4n) is 2.48. The third kappa shape index (κ3) is 4.43. The van der Waals surface area contributed by atoms with E-state index in [1.165, 1.54) is 11.8 Å². The average Bonchev–Trinajstić information content (AvgIpc) is 2.63. The summed E-state index contributed by atoms with van der Waals surface area (Å²) in [5.41, 5.74) is 2.28. The van der Waals surface area contributed by atoms with Crippen LogP contribution >= 0.6 is 11.8 Å². The Morgan fingerprint density at radius 2 is 1.60 bits per heavy atom. The highest BCUT2D eigenvalue weighted by atomic mass is 32.2. The van der Waals surface area contributed by atoms with Crippen LogP contribution in [0.5, 0.6) is 5.75 Å². The standard InChI is InChI=1S/C21H19NO2S/c1-15-12-13-18(19(23)14-15)22-21(24)20(16-8-4-2-5-9-16)25-17-10-6-3-7-11-17/h2-14,20,23H,1H3,(H,22,24). The summed E-state index contributed by atoms with van der Waals surface area (Å²) in [7, 11) is 0. The minimum atomic E-state index is -0.413. The fraction of sp³-hybridized carbons (Fsp3) is 0.0952. The highest BCUT2D eigenvalue weighted by Gasteiger charge is 2.22. The second kappa shape index (κ2) is 7.90. The van der Waals surface area contributed by atoms with Crippen LogP contribution in [-0.4, -0.2) is 11.0 Å². The number of amides is 1. The molecule has 1 atom stereocenters. The van der Waals surface area contributed by atoms with Crippen molar-refractivity contribution in [2.45, 2.75) is 17.1 Å². The molecule has 0 aliphatic carbocycles. The van der Waals surface area contributed by atoms with E-state index in [2.05, 4.69) is 5.32 Å². The maximum Gasteiger partial charge on any atom is 0.242 e. The number of aryl methyl sites for hydroxylation is 1. The highest BCUT2D eigenvalue weighted by molar-refractivity contribution is 8.00. The van der Waals surface area contributed by atoms with Crippen LogP contribution in [0, 0.1) is 6.92 Å². The zero-order chi connectivity index (χ0) is 17.6. The van der Waals surface area contributed by atoms with Crippen molar-refractivity contribution in [1.82, 2.24) is 0 Å². The number of hydrogen-bond donors (Lipinski definition) is 2. The molecule has 1 unspecified atom stereocenters. The van der Waals surface area contributed by atoms with E-state index in [1.807, 2.05) is 73.7 Å². The fourth-order valence-corrected chi connectivity index (χ4v) is 3.53. The van der Waals surface area contributed by atoms with E-state index in [4.69, 9.17) is 0 Å². The molecule has 0 radical (unpaired) electrons. The molecule has 25 heavy (non-hydrogen) atoms. The Balaban J connectivity index is 1.87. The summed E-state index contributed by atoms with van der Waals surface area (Å²) in [6.45, 7) is 1.89. The van der Waals surface area contributed by atoms with Crippen molar-refractivity contribution in [1.29, 1.82) is 0 Å². The number of carbonyl (C=O) groups is 1. The SMILES string of the molecule is Cc1ccc(NC(=O)C(Sc2ccccc2)c2ccccc2)c(O)c1. The summed E-state index contributed by atoms with van der Waals surface area (Å²) in [4.78, 5) is 13.9. The third-order valence-electron chi connectivity index (χ3n) is 3.75. The molecule has 0 fully saturated rings. The molecule has 126 valence electrons. The normalized spacial score (nSPS) is 11.7. The van der Waals surface area contributed by atoms with Gasteiger partial charge in [-0.2, -0.15) is 0 Å². The van der Waals surface area contributed by atoms with E-state index in [0.29, 0.717) is 5.69 Å². The van der Waals surface area contributed by atoms with Crippen LogP contribution in [0.25, 0.3) is 0 Å². The second-order valence-electron chi connectivity index (χ2n) is 5.73. The van der Waals surface area contributed by atoms with Crippen molar-refractivity contribution >= 4 is 23.4 Å². The Bertz CT molecular complexity index is 850. The lowest BCUT2D eigenvalue weighted by Crippen LogP contribution is -2.19. The predicted octanol–water partition coefficient (Wildman–Crippen LogP) is 5.17. The Labute approximate surface area is 151 Å². The van der Waals surface area contributed by atoms with Crippen molar-refractivity contribution in [3.63, 3.8) is 0 Å². The first kappa shape index (κ1) is 17.1. The van der Waals surface area contributed by atoms with Gasteiger partial charge in [-0.25, -0.2) is 0 Å². The van der Waals surface area contributed by atoms with Crippen LogP contribution in [0.2, 0.25) is 0 Å². The van der Waals surface area contributed by atoms with Gasteiger partial charge >= 0.3 is 0 Å². The molecular formula is C21H19NO2S. The topological polar surface area (TPSA) is 49.3 Å². The number of phenolic OH excluding ortho intramolecular Hbond substituents is 1. The van der Waals surface area contributed by atoms with E-state index in [-0.39, 0.29) is 11.7 Å². The number of benzene rings is 3. The van der Waals surface area contributed by atoms with E-state index < -0.39 is 5.25 Å². The number of carbonyl (C=O) groups excluding carboxylic acids is 1. The zero-order valence-corrected chi connectivity index (χ0v) is 14.7. The number of phenols is 1. The van der Waals surface area contributed by atoms with Crippen LogP contribution in [-0.2, 0) is 4.79 Å². The van der Waals surface area contributed by atoms with E-state index in [9.17, 15) is 9.90 Å². The monoisotopic (exact) mass is 349 g/mol. The lowest BCUT2D eigenvalue weighted by molar-refractivity contribution is -0.115. The second-order valence-corrected chi connectivity index (χ2v) is 6.91. The van der Waals surface area contributed by atoms with Gasteiger partial charge in [0.15, 0.2) is 0 Å². The molecule has 0 heterocycles. The van der Waals surface area contributed by atoms with Crippen LogP contribution in [0.15, 0.2) is 83.8 Å². The largest absolute Gasteiger partial charge is 0.506 e. The van der Waals surface area contributed by atoms with E-state index >= 15 is 0 Å². The number of rotatable bonds is 5. The number of hydrogen-bond acceptors (Lipinski definition) is 3. The Morgan fingerprint density at radius 3 is 2.24 bits per heavy atom. The van der Waals surface area contributed by atoms with Crippen molar-refractivity contribution in [3.8, 4) is 5.75 Å². The molecular weight excluding hydrogens is 330 g/mol. The molecule has 2 N–H and O–H groups in total. The summed E-state index contributed by atoms with van der Waals surface area (Å²) in [5, 5.41) is 12.5. The van der Waals surface area contributed by atoms with Gasteiger partial charge in [0.05, 0.1) is 5.69 Å². The van der Waals surface area contributed by atoms with Crippen LogP contribution in [0.3, 0.4) is 0 Å². The molecule has 0 bridgehead atoms. The van der Waals surface area contributed by atoms with Gasteiger partial charge in [-0.3, -0.25) is 4.79 Å². The van der Waals surface area contributed by atoms with Gasteiger partial charge in [0.25, 0.3) is 0 Å². The molecule has 0 spiro atoms. The maximum absolute atomic E-state index is 12.9. The lowest BCUT2D eigenvalue weighted by atomic mass is 10.1. The van der Waals surface area contributed by atoms with Crippen LogP contribution in [0.4, 0.5) is 5.69 Å². The van der Waals surface area contributed by atoms with Crippen molar-refractivity contribution in [2.24, 2.45) is 0 Å². The van der Waals surface area contributed by atoms with Gasteiger partial charge in [0, 0.05) is 4.90 Å². The van der Waals surface area contributed by atoms with Crippen molar-refractivity contribution in [2.75, 3.05) is 5.32 Å². The highest BCUT2D eigenvalue weighted by Crippen LogP contribution is 2.36. The predicted molar refractivity (Wildman–Crippen MR) is 103 cm³/mol. The van der Waals surface area contributed by atoms with Crippen molar-refractivity contribution < 1.29 is 9.90 Å². The molecule has 1 amide bonds. The van der Waals surface area contributed by atoms with Gasteiger partial charge in [0.2, 0.25) is 5.91 Å². The average molecular weight is 349 g/mol. The first-order valence-electron chi connectivity index (χ1n) is 8.00. The number of anilines is 1. The summed E-state index contributed by atoms with van der Waals surface area (Å²) in [5.74, 6) is -0.0934. The first-order chi connectivity index (χ1) is 12.1. The van der Waals surface area contributed by atoms with Gasteiger partial charge in [-0.15, -0.1) is 11.8 Å². The molecule has 3 aromatic carbocycles. The molecule has 4 heteroatoms. The van der Waals surface area contributed by atoms with Gasteiger partial charge in [0.1, 0.15) is 11.0 Å². The Kier molecular flexibility index (Phi) is 5.41. The Morgan fingerprint density at radius 1 is 0.960 bits per heavy atom. The minimum Gasteiger partial charge on any atom is -0.506 e. The van der Waals surface area contributed by atoms with Gasteiger partial charge in [-0.1, -0.05) is 54.6 Å². The molecule has 0 saturated carbocycles. The van der Waals surface area contributed by atoms with Crippen LogP contribution in [0.1, 0.15) is 16.4 Å². The molecule has 0 aliphatic rings. The minimum absolute atomic E-state index is 0.0740. The van der Waals surface area contributed by atoms with Gasteiger partial charge in [-0.05, 0) is 42.3 Å². The maximum atomic E-state index is 12.9. The molecule has 0 aliphatic heterocycles. The smallest absolute Gasteiger partial charge is 0.242 e. The number of nitrogens with one attached hydrogen (secondary N) is 1. The first-order valence-corrected chi connectivity index (χ1v) is 8.88. The summed E-state index contributed by atoms with van der Waals surface area (Å²) < 4.78 is 0. The van der Waals surface area contributed by atoms with E-state index in [1.54, 1.807) is 12.1 Å². The number of thioether (sulfide) groups is 1. The molecule has 3 rings (SSSR count). The van der Waals surface area contributed by atoms with Crippen LogP contribution < -0.4 is 5.32 Å². The third-order valence-corrected chi connectivity index (χ3v) is 5.01. The Hall–Kier alpha value is -2.72. The molecule has 3 nitrogen and oxygen atoms in total. The molecule has 3 aromatic rings. The molecule has 0 saturated heterocycles. The number of aromatic hydroxyl groups is 1. The quantitative estimate of drug-likeness (QED) is 0.493. The van der Waals surface area contributed by atoms with Gasteiger partial charge < -0.3 is 10.4 Å². The molecule has 0 aromatic heterocycles. The van der Waals surface area contributed by atoms with Crippen molar-refractivity contribution in [3.05, 3.63) is 90.0 Å². The summed E-state index contributed by atoms with van der Waals surface area (Å²) >= 11 is 1.48. The summed E-state index contributed by atoms with van der Waals surface area (Å²) in [6, 6.07) is 24.7. The zero-order valence-electron chi connectivity index (χ0n) is 13.8. The van der Waals surface area contributed by atoms with E-state index in [0.717, 1.165) is 16.0 Å². The lowest BCUT2D eigenvalue weighted by Gasteiger charge is -2.17.